The fraction of sp³-hybridized carbons (Fsp3) is 0.350. The van der Waals surface area contributed by atoms with Gasteiger partial charge in [-0.25, -0.2) is 9.37 Å². The first-order valence-electron chi connectivity index (χ1n) is 9.38. The molecule has 2 aromatic heterocycles. The molecule has 29 heavy (non-hydrogen) atoms. The highest BCUT2D eigenvalue weighted by Crippen LogP contribution is 2.32. The van der Waals surface area contributed by atoms with Gasteiger partial charge in [-0.2, -0.15) is 5.10 Å². The summed E-state index contributed by atoms with van der Waals surface area (Å²) < 4.78 is 21.2. The lowest BCUT2D eigenvalue weighted by Gasteiger charge is -2.17. The summed E-state index contributed by atoms with van der Waals surface area (Å²) in [6.45, 7) is -0.0725. The zero-order chi connectivity index (χ0) is 20.4. The molecule has 3 atom stereocenters. The summed E-state index contributed by atoms with van der Waals surface area (Å²) in [5.41, 5.74) is 8.34. The van der Waals surface area contributed by atoms with Crippen molar-refractivity contribution in [1.29, 1.82) is 0 Å². The summed E-state index contributed by atoms with van der Waals surface area (Å²) in [6.07, 6.45) is 1.03. The molecule has 3 aromatic rings. The highest BCUT2D eigenvalue weighted by molar-refractivity contribution is 7.13. The van der Waals surface area contributed by atoms with Gasteiger partial charge in [0.05, 0.1) is 24.2 Å². The average molecular weight is 415 g/mol. The van der Waals surface area contributed by atoms with E-state index in [0.717, 1.165) is 10.6 Å². The van der Waals surface area contributed by atoms with Crippen LogP contribution in [0.1, 0.15) is 35.1 Å². The van der Waals surface area contributed by atoms with Crippen LogP contribution >= 0.6 is 11.3 Å². The Labute approximate surface area is 171 Å². The van der Waals surface area contributed by atoms with Crippen LogP contribution in [0.2, 0.25) is 0 Å². The number of aromatic nitrogens is 3. The number of halogens is 1. The van der Waals surface area contributed by atoms with E-state index in [4.69, 9.17) is 10.5 Å². The normalized spacial score (nSPS) is 22.2. The van der Waals surface area contributed by atoms with Crippen LogP contribution in [0.4, 0.5) is 10.1 Å². The van der Waals surface area contributed by atoms with Crippen LogP contribution in [0, 0.1) is 0 Å². The van der Waals surface area contributed by atoms with Gasteiger partial charge in [-0.05, 0) is 12.8 Å². The van der Waals surface area contributed by atoms with Gasteiger partial charge in [-0.3, -0.25) is 9.48 Å². The molecule has 7 nitrogen and oxygen atoms in total. The number of nitrogens with zero attached hydrogens (tertiary/aromatic N) is 3. The largest absolute Gasteiger partial charge is 0.369 e. The lowest BCUT2D eigenvalue weighted by atomic mass is 10.0. The summed E-state index contributed by atoms with van der Waals surface area (Å²) >= 11 is 1.41. The van der Waals surface area contributed by atoms with Crippen molar-refractivity contribution in [3.8, 4) is 10.6 Å². The molecule has 3 N–H and O–H groups in total. The highest BCUT2D eigenvalue weighted by atomic mass is 32.1. The smallest absolute Gasteiger partial charge is 0.275 e. The van der Waals surface area contributed by atoms with E-state index in [1.54, 1.807) is 23.3 Å². The maximum atomic E-state index is 13.9. The molecule has 9 heteroatoms. The van der Waals surface area contributed by atoms with E-state index in [1.165, 1.54) is 11.3 Å². The lowest BCUT2D eigenvalue weighted by Crippen LogP contribution is -2.32. The van der Waals surface area contributed by atoms with E-state index < -0.39 is 12.2 Å². The number of carbonyl (C=O) groups is 1. The number of hydrogen-bond donors (Lipinski definition) is 2. The van der Waals surface area contributed by atoms with Crippen LogP contribution in [0.3, 0.4) is 0 Å². The van der Waals surface area contributed by atoms with Crippen molar-refractivity contribution in [3.63, 3.8) is 0 Å². The zero-order valence-corrected chi connectivity index (χ0v) is 16.7. The van der Waals surface area contributed by atoms with Crippen LogP contribution in [0.15, 0.2) is 41.9 Å². The molecular formula is C20H22FN5O2S. The first kappa shape index (κ1) is 19.7. The molecule has 4 rings (SSSR count). The monoisotopic (exact) mass is 415 g/mol. The van der Waals surface area contributed by atoms with Gasteiger partial charge in [-0.1, -0.05) is 30.3 Å². The van der Waals surface area contributed by atoms with Crippen LogP contribution in [0.5, 0.6) is 0 Å². The third-order valence-electron chi connectivity index (χ3n) is 4.98. The predicted octanol–water partition coefficient (Wildman–Crippen LogP) is 3.31. The minimum absolute atomic E-state index is 0.0725. The summed E-state index contributed by atoms with van der Waals surface area (Å²) in [7, 11) is 1.77. The molecule has 1 aliphatic rings. The summed E-state index contributed by atoms with van der Waals surface area (Å²) in [6, 6.07) is 9.15. The van der Waals surface area contributed by atoms with Crippen molar-refractivity contribution in [2.24, 2.45) is 12.8 Å². The highest BCUT2D eigenvalue weighted by Gasteiger charge is 2.30. The average Bonchev–Trinajstić information content (AvgIpc) is 3.32. The van der Waals surface area contributed by atoms with Crippen LogP contribution < -0.4 is 11.1 Å². The molecular weight excluding hydrogens is 393 g/mol. The molecule has 1 aromatic carbocycles. The summed E-state index contributed by atoms with van der Waals surface area (Å²) in [4.78, 5) is 17.2. The van der Waals surface area contributed by atoms with E-state index in [1.807, 2.05) is 30.3 Å². The van der Waals surface area contributed by atoms with Gasteiger partial charge in [-0.15, -0.1) is 11.3 Å². The number of amides is 1. The Kier molecular flexibility index (Phi) is 5.70. The van der Waals surface area contributed by atoms with E-state index in [9.17, 15) is 9.18 Å². The summed E-state index contributed by atoms with van der Waals surface area (Å²) in [5, 5.41) is 9.61. The van der Waals surface area contributed by atoms with Gasteiger partial charge < -0.3 is 15.8 Å². The van der Waals surface area contributed by atoms with Crippen molar-refractivity contribution in [2.75, 3.05) is 11.9 Å². The van der Waals surface area contributed by atoms with Gasteiger partial charge >= 0.3 is 0 Å². The number of carbonyl (C=O) groups excluding carboxylic acids is 1. The van der Waals surface area contributed by atoms with E-state index in [2.05, 4.69) is 15.4 Å². The molecule has 0 bridgehead atoms. The van der Waals surface area contributed by atoms with E-state index >= 15 is 0 Å². The Bertz CT molecular complexity index is 978. The number of nitrogens with two attached hydrogens (primary N) is 1. The number of benzene rings is 1. The van der Waals surface area contributed by atoms with Crippen molar-refractivity contribution >= 4 is 22.9 Å². The maximum Gasteiger partial charge on any atom is 0.275 e. The molecule has 1 aliphatic heterocycles. The Morgan fingerprint density at radius 2 is 2.14 bits per heavy atom. The number of anilines is 1. The second-order valence-corrected chi connectivity index (χ2v) is 7.86. The molecule has 3 heterocycles. The van der Waals surface area contributed by atoms with Crippen molar-refractivity contribution in [3.05, 3.63) is 53.3 Å². The van der Waals surface area contributed by atoms with Gasteiger partial charge in [0, 0.05) is 24.0 Å². The van der Waals surface area contributed by atoms with Crippen LogP contribution in [-0.2, 0) is 11.8 Å². The number of alkyl halides is 1. The number of rotatable bonds is 4. The molecule has 0 saturated carbocycles. The molecule has 0 unspecified atom stereocenters. The van der Waals surface area contributed by atoms with Gasteiger partial charge in [0.2, 0.25) is 0 Å². The van der Waals surface area contributed by atoms with Crippen LogP contribution in [0.25, 0.3) is 10.6 Å². The summed E-state index contributed by atoms with van der Waals surface area (Å²) in [5.74, 6) is -0.327. The maximum absolute atomic E-state index is 13.9. The molecule has 1 fully saturated rings. The van der Waals surface area contributed by atoms with Crippen molar-refractivity contribution < 1.29 is 13.9 Å². The number of aryl methyl sites for hydroxylation is 1. The molecule has 0 aliphatic carbocycles. The van der Waals surface area contributed by atoms with Gasteiger partial charge in [0.25, 0.3) is 5.91 Å². The number of hydrogen-bond acceptors (Lipinski definition) is 6. The third-order valence-corrected chi connectivity index (χ3v) is 5.87. The van der Waals surface area contributed by atoms with Crippen molar-refractivity contribution in [2.45, 2.75) is 31.2 Å². The third kappa shape index (κ3) is 4.21. The Morgan fingerprint density at radius 1 is 1.34 bits per heavy atom. The van der Waals surface area contributed by atoms with E-state index in [-0.39, 0.29) is 18.6 Å². The second kappa shape index (κ2) is 8.40. The quantitative estimate of drug-likeness (QED) is 0.682. The van der Waals surface area contributed by atoms with E-state index in [0.29, 0.717) is 29.9 Å². The molecule has 1 saturated heterocycles. The minimum Gasteiger partial charge on any atom is -0.369 e. The molecule has 152 valence electrons. The minimum atomic E-state index is -1.20. The second-order valence-electron chi connectivity index (χ2n) is 7.00. The first-order chi connectivity index (χ1) is 14.0. The topological polar surface area (TPSA) is 95.1 Å². The first-order valence-corrected chi connectivity index (χ1v) is 10.3. The standard InChI is InChI=1S/C20H22FN5O2S/c1-26-18(17-8-7-14(22)13(21)10-28-17)15(9-23-26)24-19(27)16-11-29-20(25-16)12-5-3-2-4-6-12/h2-6,9,11,13-14,17H,7-8,10,22H2,1H3,(H,24,27)/t13-,14-,17+/m1/s1. The Morgan fingerprint density at radius 3 is 2.93 bits per heavy atom. The zero-order valence-electron chi connectivity index (χ0n) is 15.9. The lowest BCUT2D eigenvalue weighted by molar-refractivity contribution is 0.0247. The molecule has 0 radical (unpaired) electrons. The molecule has 1 amide bonds. The van der Waals surface area contributed by atoms with Crippen LogP contribution in [-0.4, -0.2) is 39.5 Å². The van der Waals surface area contributed by atoms with Gasteiger partial charge in [0.1, 0.15) is 23.0 Å². The number of nitrogens with one attached hydrogen (secondary N) is 1. The Hall–Kier alpha value is -2.62. The van der Waals surface area contributed by atoms with Gasteiger partial charge in [0.15, 0.2) is 0 Å². The predicted molar refractivity (Wildman–Crippen MR) is 110 cm³/mol. The SMILES string of the molecule is Cn1ncc(NC(=O)c2csc(-c3ccccc3)n2)c1[C@@H]1CC[C@@H](N)[C@H](F)CO1. The number of ether oxygens (including phenoxy) is 1. The fourth-order valence-corrected chi connectivity index (χ4v) is 4.16. The molecule has 0 spiro atoms. The Balaban J connectivity index is 1.52. The fourth-order valence-electron chi connectivity index (χ4n) is 3.36. The number of thiazole rings is 1. The van der Waals surface area contributed by atoms with Crippen molar-refractivity contribution in [1.82, 2.24) is 14.8 Å².